The molecule has 4 nitrogen and oxygen atoms in total. The highest BCUT2D eigenvalue weighted by Crippen LogP contribution is 2.23. The molecule has 0 aromatic heterocycles. The summed E-state index contributed by atoms with van der Waals surface area (Å²) in [7, 11) is 1.59. The predicted molar refractivity (Wildman–Crippen MR) is 76.3 cm³/mol. The van der Waals surface area contributed by atoms with Crippen molar-refractivity contribution < 1.29 is 9.53 Å². The number of anilines is 1. The van der Waals surface area contributed by atoms with Crippen molar-refractivity contribution in [2.45, 2.75) is 26.2 Å². The summed E-state index contributed by atoms with van der Waals surface area (Å²) < 4.78 is 5.16. The van der Waals surface area contributed by atoms with Gasteiger partial charge in [0.25, 0.3) is 5.91 Å². The second-order valence-corrected chi connectivity index (χ2v) is 5.28. The molecule has 1 aromatic carbocycles. The molecule has 1 heterocycles. The van der Waals surface area contributed by atoms with Crippen molar-refractivity contribution in [1.29, 1.82) is 0 Å². The Labute approximate surface area is 114 Å². The van der Waals surface area contributed by atoms with Crippen LogP contribution < -0.4 is 10.5 Å². The summed E-state index contributed by atoms with van der Waals surface area (Å²) in [6.07, 6.45) is 3.32. The molecule has 1 aromatic rings. The minimum absolute atomic E-state index is 0.0190. The fraction of sp³-hybridized carbons (Fsp3) is 0.533. The number of carbonyl (C=O) groups excluding carboxylic acids is 1. The van der Waals surface area contributed by atoms with E-state index in [1.165, 1.54) is 6.42 Å². The van der Waals surface area contributed by atoms with Crippen LogP contribution in [0.4, 0.5) is 5.69 Å². The van der Waals surface area contributed by atoms with Gasteiger partial charge in [-0.25, -0.2) is 0 Å². The fourth-order valence-corrected chi connectivity index (χ4v) is 2.48. The first kappa shape index (κ1) is 13.7. The zero-order chi connectivity index (χ0) is 13.8. The predicted octanol–water partition coefficient (Wildman–Crippen LogP) is 2.54. The number of likely N-dealkylation sites (tertiary alicyclic amines) is 1. The van der Waals surface area contributed by atoms with E-state index >= 15 is 0 Å². The summed E-state index contributed by atoms with van der Waals surface area (Å²) in [5.74, 6) is 1.38. The van der Waals surface area contributed by atoms with Gasteiger partial charge in [0.05, 0.1) is 12.7 Å². The highest BCUT2D eigenvalue weighted by molar-refractivity contribution is 5.99. The molecule has 1 saturated heterocycles. The lowest BCUT2D eigenvalue weighted by atomic mass is 10.0. The third kappa shape index (κ3) is 3.19. The van der Waals surface area contributed by atoms with Crippen LogP contribution in [-0.4, -0.2) is 31.0 Å². The van der Waals surface area contributed by atoms with Gasteiger partial charge >= 0.3 is 0 Å². The highest BCUT2D eigenvalue weighted by atomic mass is 16.5. The molecule has 0 radical (unpaired) electrons. The topological polar surface area (TPSA) is 55.6 Å². The number of rotatable bonds is 2. The monoisotopic (exact) mass is 262 g/mol. The molecular formula is C15H22N2O2. The van der Waals surface area contributed by atoms with Crippen LogP contribution in [-0.2, 0) is 0 Å². The van der Waals surface area contributed by atoms with Gasteiger partial charge in [-0.15, -0.1) is 0 Å². The van der Waals surface area contributed by atoms with Crippen LogP contribution >= 0.6 is 0 Å². The first-order valence-electron chi connectivity index (χ1n) is 6.84. The zero-order valence-corrected chi connectivity index (χ0v) is 11.7. The van der Waals surface area contributed by atoms with Crippen molar-refractivity contribution in [3.63, 3.8) is 0 Å². The molecule has 1 atom stereocenters. The molecule has 4 heteroatoms. The van der Waals surface area contributed by atoms with Crippen molar-refractivity contribution in [2.75, 3.05) is 25.9 Å². The summed E-state index contributed by atoms with van der Waals surface area (Å²) in [6.45, 7) is 3.88. The summed E-state index contributed by atoms with van der Waals surface area (Å²) in [4.78, 5) is 14.4. The lowest BCUT2D eigenvalue weighted by molar-refractivity contribution is 0.0761. The third-order valence-electron chi connectivity index (χ3n) is 3.79. The number of benzene rings is 1. The minimum Gasteiger partial charge on any atom is -0.497 e. The number of carbonyl (C=O) groups is 1. The maximum absolute atomic E-state index is 12.5. The lowest BCUT2D eigenvalue weighted by Gasteiger charge is -2.21. The molecule has 19 heavy (non-hydrogen) atoms. The normalized spacial score (nSPS) is 19.9. The van der Waals surface area contributed by atoms with Gasteiger partial charge in [0, 0.05) is 18.8 Å². The summed E-state index contributed by atoms with van der Waals surface area (Å²) in [5, 5.41) is 0. The van der Waals surface area contributed by atoms with Crippen LogP contribution in [0.5, 0.6) is 5.75 Å². The van der Waals surface area contributed by atoms with Crippen LogP contribution in [0.1, 0.15) is 36.5 Å². The summed E-state index contributed by atoms with van der Waals surface area (Å²) in [5.41, 5.74) is 6.98. The number of amides is 1. The molecule has 0 spiro atoms. The van der Waals surface area contributed by atoms with Gasteiger partial charge in [0.1, 0.15) is 5.75 Å². The Morgan fingerprint density at radius 2 is 2.16 bits per heavy atom. The van der Waals surface area contributed by atoms with Gasteiger partial charge in [0.2, 0.25) is 0 Å². The van der Waals surface area contributed by atoms with Crippen molar-refractivity contribution in [3.05, 3.63) is 23.8 Å². The van der Waals surface area contributed by atoms with Crippen molar-refractivity contribution in [3.8, 4) is 5.75 Å². The quantitative estimate of drug-likeness (QED) is 0.833. The van der Waals surface area contributed by atoms with E-state index in [4.69, 9.17) is 10.5 Å². The first-order valence-corrected chi connectivity index (χ1v) is 6.84. The smallest absolute Gasteiger partial charge is 0.256 e. The summed E-state index contributed by atoms with van der Waals surface area (Å²) in [6, 6.07) is 5.23. The molecule has 1 aliphatic rings. The molecule has 2 N–H and O–H groups in total. The summed E-state index contributed by atoms with van der Waals surface area (Å²) >= 11 is 0. The SMILES string of the molecule is COc1ccc(N)c(C(=O)N2CCCC(C)CC2)c1. The van der Waals surface area contributed by atoms with Crippen LogP contribution in [0, 0.1) is 5.92 Å². The molecule has 2 rings (SSSR count). The number of hydrogen-bond acceptors (Lipinski definition) is 3. The van der Waals surface area contributed by atoms with Gasteiger partial charge in [-0.3, -0.25) is 4.79 Å². The third-order valence-corrected chi connectivity index (χ3v) is 3.79. The maximum atomic E-state index is 12.5. The molecule has 1 unspecified atom stereocenters. The average Bonchev–Trinajstić information content (AvgIpc) is 2.63. The van der Waals surface area contributed by atoms with E-state index < -0.39 is 0 Å². The largest absolute Gasteiger partial charge is 0.497 e. The van der Waals surface area contributed by atoms with Crippen LogP contribution in [0.25, 0.3) is 0 Å². The Kier molecular flexibility index (Phi) is 4.30. The van der Waals surface area contributed by atoms with Gasteiger partial charge < -0.3 is 15.4 Å². The molecule has 1 fully saturated rings. The molecule has 104 valence electrons. The highest BCUT2D eigenvalue weighted by Gasteiger charge is 2.21. The van der Waals surface area contributed by atoms with E-state index in [9.17, 15) is 4.79 Å². The number of methoxy groups -OCH3 is 1. The number of nitrogens with zero attached hydrogens (tertiary/aromatic N) is 1. The number of ether oxygens (including phenoxy) is 1. The van der Waals surface area contributed by atoms with Gasteiger partial charge in [-0.1, -0.05) is 6.92 Å². The first-order chi connectivity index (χ1) is 9.11. The maximum Gasteiger partial charge on any atom is 0.256 e. The minimum atomic E-state index is 0.0190. The van der Waals surface area contributed by atoms with Crippen molar-refractivity contribution in [1.82, 2.24) is 4.90 Å². The molecule has 0 bridgehead atoms. The zero-order valence-electron chi connectivity index (χ0n) is 11.7. The van der Waals surface area contributed by atoms with E-state index in [-0.39, 0.29) is 5.91 Å². The standard InChI is InChI=1S/C15H22N2O2/c1-11-4-3-8-17(9-7-11)15(18)13-10-12(19-2)5-6-14(13)16/h5-6,10-11H,3-4,7-9,16H2,1-2H3. The number of nitrogen functional groups attached to an aromatic ring is 1. The average molecular weight is 262 g/mol. The van der Waals surface area contributed by atoms with Crippen molar-refractivity contribution >= 4 is 11.6 Å². The Hall–Kier alpha value is -1.71. The van der Waals surface area contributed by atoms with Crippen LogP contribution in [0.3, 0.4) is 0 Å². The van der Waals surface area contributed by atoms with Gasteiger partial charge in [-0.2, -0.15) is 0 Å². The van der Waals surface area contributed by atoms with Gasteiger partial charge in [0.15, 0.2) is 0 Å². The molecule has 0 saturated carbocycles. The molecule has 1 amide bonds. The lowest BCUT2D eigenvalue weighted by Crippen LogP contribution is -2.32. The van der Waals surface area contributed by atoms with E-state index in [1.54, 1.807) is 25.3 Å². The molecule has 0 aliphatic carbocycles. The molecule has 1 aliphatic heterocycles. The molecular weight excluding hydrogens is 240 g/mol. The van der Waals surface area contributed by atoms with Crippen molar-refractivity contribution in [2.24, 2.45) is 5.92 Å². The Morgan fingerprint density at radius 1 is 1.37 bits per heavy atom. The van der Waals surface area contributed by atoms with Crippen LogP contribution in [0.15, 0.2) is 18.2 Å². The Bertz CT molecular complexity index is 459. The van der Waals surface area contributed by atoms with Crippen LogP contribution in [0.2, 0.25) is 0 Å². The fourth-order valence-electron chi connectivity index (χ4n) is 2.48. The second kappa shape index (κ2) is 5.95. The van der Waals surface area contributed by atoms with E-state index in [0.29, 0.717) is 22.9 Å². The second-order valence-electron chi connectivity index (χ2n) is 5.28. The van der Waals surface area contributed by atoms with E-state index in [0.717, 1.165) is 25.9 Å². The van der Waals surface area contributed by atoms with E-state index in [2.05, 4.69) is 6.92 Å². The van der Waals surface area contributed by atoms with E-state index in [1.807, 2.05) is 4.90 Å². The Balaban J connectivity index is 2.18. The van der Waals surface area contributed by atoms with Gasteiger partial charge in [-0.05, 0) is 43.4 Å². The Morgan fingerprint density at radius 3 is 2.89 bits per heavy atom. The number of hydrogen-bond donors (Lipinski definition) is 1. The number of nitrogens with two attached hydrogens (primary N) is 1.